The molecule has 0 spiro atoms. The highest BCUT2D eigenvalue weighted by atomic mass is 16.5. The number of aliphatic hydroxyl groups excluding tert-OH is 2. The second-order valence-electron chi connectivity index (χ2n) is 8.79. The molecule has 0 unspecified atom stereocenters. The molecule has 2 aromatic heterocycles. The molecule has 2 N–H and O–H groups in total. The molecule has 0 fully saturated rings. The van der Waals surface area contributed by atoms with Crippen LogP contribution in [0, 0.1) is 18.3 Å². The number of pyridine rings is 1. The number of aromatic nitrogens is 3. The number of unbranched alkanes of at least 4 members (excludes halogenated alkanes) is 1. The van der Waals surface area contributed by atoms with E-state index in [-0.39, 0.29) is 19.3 Å². The predicted octanol–water partition coefficient (Wildman–Crippen LogP) is 3.08. The number of aryl methyl sites for hydroxylation is 1. The maximum atomic E-state index is 9.57. The van der Waals surface area contributed by atoms with Gasteiger partial charge in [-0.2, -0.15) is 10.2 Å². The molecule has 4 rings (SSSR count). The van der Waals surface area contributed by atoms with E-state index in [0.717, 1.165) is 62.0 Å². The van der Waals surface area contributed by atoms with Gasteiger partial charge in [-0.15, -0.1) is 0 Å². The zero-order valence-corrected chi connectivity index (χ0v) is 19.8. The lowest BCUT2D eigenvalue weighted by molar-refractivity contribution is 0.0769. The highest BCUT2D eigenvalue weighted by Gasteiger charge is 2.23. The van der Waals surface area contributed by atoms with Crippen molar-refractivity contribution in [3.8, 4) is 28.9 Å². The van der Waals surface area contributed by atoms with E-state index in [1.54, 1.807) is 12.3 Å². The van der Waals surface area contributed by atoms with Crippen LogP contribution in [0.3, 0.4) is 0 Å². The third-order valence-electron chi connectivity index (χ3n) is 6.72. The fourth-order valence-electron chi connectivity index (χ4n) is 4.62. The van der Waals surface area contributed by atoms with Crippen LogP contribution in [-0.2, 0) is 19.3 Å². The Bertz CT molecular complexity index is 1180. The van der Waals surface area contributed by atoms with Crippen LogP contribution in [0.5, 0.6) is 0 Å². The van der Waals surface area contributed by atoms with Crippen LogP contribution in [-0.4, -0.2) is 62.6 Å². The van der Waals surface area contributed by atoms with E-state index in [4.69, 9.17) is 4.52 Å². The highest BCUT2D eigenvalue weighted by molar-refractivity contribution is 5.66. The van der Waals surface area contributed by atoms with Gasteiger partial charge in [-0.05, 0) is 55.4 Å². The lowest BCUT2D eigenvalue weighted by Crippen LogP contribution is -2.42. The zero-order chi connectivity index (χ0) is 24.1. The molecule has 0 bridgehead atoms. The fourth-order valence-corrected chi connectivity index (χ4v) is 4.62. The van der Waals surface area contributed by atoms with Gasteiger partial charge in [-0.3, -0.25) is 9.88 Å². The Kier molecular flexibility index (Phi) is 7.68. The molecule has 0 radical (unpaired) electrons. The van der Waals surface area contributed by atoms with Gasteiger partial charge in [0.1, 0.15) is 6.07 Å². The van der Waals surface area contributed by atoms with Crippen molar-refractivity contribution in [3.05, 3.63) is 52.3 Å². The molecule has 8 heteroatoms. The van der Waals surface area contributed by atoms with Crippen molar-refractivity contribution in [2.75, 3.05) is 26.3 Å². The number of rotatable bonds is 8. The van der Waals surface area contributed by atoms with Gasteiger partial charge in [0.15, 0.2) is 0 Å². The minimum Gasteiger partial charge on any atom is -0.395 e. The van der Waals surface area contributed by atoms with E-state index >= 15 is 0 Å². The van der Waals surface area contributed by atoms with Crippen molar-refractivity contribution in [2.24, 2.45) is 0 Å². The van der Waals surface area contributed by atoms with E-state index in [0.29, 0.717) is 22.8 Å². The first-order chi connectivity index (χ1) is 16.6. The summed E-state index contributed by atoms with van der Waals surface area (Å²) in [5.41, 5.74) is 6.53. The summed E-state index contributed by atoms with van der Waals surface area (Å²) in [6.07, 6.45) is 6.19. The molecule has 0 atom stereocenters. The van der Waals surface area contributed by atoms with Gasteiger partial charge in [0, 0.05) is 24.8 Å². The van der Waals surface area contributed by atoms with Crippen molar-refractivity contribution in [1.82, 2.24) is 20.0 Å². The SMILES string of the molecule is CCCCc1ncc(-c2nc(-c3ccc4c(c3C)CCN(C(CO)CO)CC4)no2)cc1C#N. The minimum atomic E-state index is -0.228. The summed E-state index contributed by atoms with van der Waals surface area (Å²) in [4.78, 5) is 11.2. The minimum absolute atomic E-state index is 0.0509. The number of nitrogens with zero attached hydrogens (tertiary/aromatic N) is 5. The predicted molar refractivity (Wildman–Crippen MR) is 128 cm³/mol. The molecule has 34 heavy (non-hydrogen) atoms. The van der Waals surface area contributed by atoms with Crippen LogP contribution in [0.25, 0.3) is 22.8 Å². The molecule has 1 aliphatic heterocycles. The van der Waals surface area contributed by atoms with E-state index in [9.17, 15) is 15.5 Å². The van der Waals surface area contributed by atoms with Crippen LogP contribution in [0.1, 0.15) is 47.7 Å². The third-order valence-corrected chi connectivity index (χ3v) is 6.72. The Hall–Kier alpha value is -3.12. The van der Waals surface area contributed by atoms with Crippen LogP contribution >= 0.6 is 0 Å². The number of hydrogen-bond acceptors (Lipinski definition) is 8. The molecule has 0 saturated heterocycles. The van der Waals surface area contributed by atoms with Crippen LogP contribution in [0.2, 0.25) is 0 Å². The first-order valence-electron chi connectivity index (χ1n) is 11.9. The van der Waals surface area contributed by atoms with E-state index in [1.807, 2.05) is 6.07 Å². The molecular formula is C26H31N5O3. The van der Waals surface area contributed by atoms with Gasteiger partial charge in [-0.25, -0.2) is 0 Å². The molecule has 3 heterocycles. The summed E-state index contributed by atoms with van der Waals surface area (Å²) in [7, 11) is 0. The largest absolute Gasteiger partial charge is 0.395 e. The highest BCUT2D eigenvalue weighted by Crippen LogP contribution is 2.30. The Morgan fingerprint density at radius 3 is 2.74 bits per heavy atom. The fraction of sp³-hybridized carbons (Fsp3) is 0.462. The Labute approximate surface area is 199 Å². The number of nitriles is 1. The van der Waals surface area contributed by atoms with Crippen molar-refractivity contribution in [3.63, 3.8) is 0 Å². The number of aliphatic hydroxyl groups is 2. The molecule has 0 amide bonds. The van der Waals surface area contributed by atoms with Crippen molar-refractivity contribution in [1.29, 1.82) is 5.26 Å². The topological polar surface area (TPSA) is 119 Å². The monoisotopic (exact) mass is 461 g/mol. The van der Waals surface area contributed by atoms with Gasteiger partial charge in [0.25, 0.3) is 5.89 Å². The zero-order valence-electron chi connectivity index (χ0n) is 19.8. The molecule has 1 aromatic carbocycles. The summed E-state index contributed by atoms with van der Waals surface area (Å²) >= 11 is 0. The molecule has 0 aliphatic carbocycles. The lowest BCUT2D eigenvalue weighted by atomic mass is 9.93. The van der Waals surface area contributed by atoms with Crippen LogP contribution < -0.4 is 0 Å². The summed E-state index contributed by atoms with van der Waals surface area (Å²) < 4.78 is 5.55. The number of benzene rings is 1. The van der Waals surface area contributed by atoms with Crippen molar-refractivity contribution in [2.45, 2.75) is 52.0 Å². The van der Waals surface area contributed by atoms with Gasteiger partial charge >= 0.3 is 0 Å². The Morgan fingerprint density at radius 1 is 1.21 bits per heavy atom. The molecule has 178 valence electrons. The van der Waals surface area contributed by atoms with Gasteiger partial charge in [-0.1, -0.05) is 30.6 Å². The van der Waals surface area contributed by atoms with Crippen molar-refractivity contribution < 1.29 is 14.7 Å². The van der Waals surface area contributed by atoms with Crippen molar-refractivity contribution >= 4 is 0 Å². The average molecular weight is 462 g/mol. The molecular weight excluding hydrogens is 430 g/mol. The lowest BCUT2D eigenvalue weighted by Gasteiger charge is -2.27. The summed E-state index contributed by atoms with van der Waals surface area (Å²) in [6, 6.07) is 7.92. The maximum Gasteiger partial charge on any atom is 0.259 e. The quantitative estimate of drug-likeness (QED) is 0.525. The number of hydrogen-bond donors (Lipinski definition) is 2. The summed E-state index contributed by atoms with van der Waals surface area (Å²) in [5, 5.41) is 32.9. The standard InChI is InChI=1S/C26H31N5O3/c1-3-4-5-24-19(13-27)12-20(14-28-24)26-29-25(30-34-26)23-7-6-18-8-10-31(21(15-32)16-33)11-9-22(18)17(23)2/h6-7,12,14,21,32-33H,3-5,8-11,15-16H2,1-2H3. The van der Waals surface area contributed by atoms with E-state index < -0.39 is 0 Å². The van der Waals surface area contributed by atoms with E-state index in [1.165, 1.54) is 11.1 Å². The average Bonchev–Trinajstić information content (AvgIpc) is 3.25. The maximum absolute atomic E-state index is 9.57. The molecule has 1 aliphatic rings. The molecule has 8 nitrogen and oxygen atoms in total. The van der Waals surface area contributed by atoms with Gasteiger partial charge in [0.2, 0.25) is 5.82 Å². The Morgan fingerprint density at radius 2 is 2.00 bits per heavy atom. The Balaban J connectivity index is 1.59. The number of fused-ring (bicyclic) bond motifs is 1. The van der Waals surface area contributed by atoms with Gasteiger partial charge < -0.3 is 14.7 Å². The first kappa shape index (κ1) is 24.0. The third kappa shape index (κ3) is 4.87. The van der Waals surface area contributed by atoms with Crippen LogP contribution in [0.4, 0.5) is 0 Å². The van der Waals surface area contributed by atoms with E-state index in [2.05, 4.69) is 46.0 Å². The first-order valence-corrected chi connectivity index (χ1v) is 11.9. The van der Waals surface area contributed by atoms with Crippen LogP contribution in [0.15, 0.2) is 28.9 Å². The summed E-state index contributed by atoms with van der Waals surface area (Å²) in [6.45, 7) is 5.66. The molecule has 3 aromatic rings. The summed E-state index contributed by atoms with van der Waals surface area (Å²) in [5.74, 6) is 0.851. The molecule has 0 saturated carbocycles. The smallest absolute Gasteiger partial charge is 0.259 e. The second kappa shape index (κ2) is 10.9. The second-order valence-corrected chi connectivity index (χ2v) is 8.79. The van der Waals surface area contributed by atoms with Gasteiger partial charge in [0.05, 0.1) is 36.1 Å². The normalized spacial score (nSPS) is 14.1.